The molecular formula is C21H22ClN. The summed E-state index contributed by atoms with van der Waals surface area (Å²) >= 11 is 0. The molecule has 3 aromatic carbocycles. The molecule has 2 heteroatoms. The van der Waals surface area contributed by atoms with E-state index in [1.165, 1.54) is 70.6 Å². The van der Waals surface area contributed by atoms with Gasteiger partial charge >= 0.3 is 0 Å². The Morgan fingerprint density at radius 2 is 1.61 bits per heavy atom. The molecule has 118 valence electrons. The average Bonchev–Trinajstić information content (AvgIpc) is 3.14. The summed E-state index contributed by atoms with van der Waals surface area (Å²) in [6, 6.07) is 15.9. The van der Waals surface area contributed by atoms with Crippen molar-refractivity contribution in [2.75, 3.05) is 13.1 Å². The monoisotopic (exact) mass is 323 g/mol. The molecule has 0 bridgehead atoms. The van der Waals surface area contributed by atoms with Gasteiger partial charge in [0, 0.05) is 24.0 Å². The third-order valence-electron chi connectivity index (χ3n) is 6.05. The van der Waals surface area contributed by atoms with Gasteiger partial charge in [0.2, 0.25) is 0 Å². The molecule has 23 heavy (non-hydrogen) atoms. The summed E-state index contributed by atoms with van der Waals surface area (Å²) in [7, 11) is 0. The van der Waals surface area contributed by atoms with Gasteiger partial charge in [-0.15, -0.1) is 0 Å². The van der Waals surface area contributed by atoms with Gasteiger partial charge in [-0.05, 0) is 40.1 Å². The van der Waals surface area contributed by atoms with E-state index >= 15 is 0 Å². The fourth-order valence-corrected chi connectivity index (χ4v) is 4.88. The van der Waals surface area contributed by atoms with Gasteiger partial charge in [-0.1, -0.05) is 36.4 Å². The second-order valence-electron chi connectivity index (χ2n) is 7.33. The number of benzene rings is 3. The zero-order chi connectivity index (χ0) is 14.7. The van der Waals surface area contributed by atoms with Crippen molar-refractivity contribution in [2.24, 2.45) is 0 Å². The summed E-state index contributed by atoms with van der Waals surface area (Å²) < 4.78 is 1.32. The third-order valence-corrected chi connectivity index (χ3v) is 6.05. The highest BCUT2D eigenvalue weighted by Gasteiger charge is 2.39. The van der Waals surface area contributed by atoms with Gasteiger partial charge in [0.15, 0.2) is 0 Å². The molecule has 1 saturated heterocycles. The van der Waals surface area contributed by atoms with E-state index in [1.807, 2.05) is 0 Å². The Hall–Kier alpha value is -1.57. The Bertz CT molecular complexity index is 906. The lowest BCUT2D eigenvalue weighted by Crippen LogP contribution is -3.00. The Kier molecular flexibility index (Phi) is 3.40. The van der Waals surface area contributed by atoms with E-state index in [4.69, 9.17) is 0 Å². The van der Waals surface area contributed by atoms with Gasteiger partial charge in [-0.2, -0.15) is 0 Å². The Labute approximate surface area is 143 Å². The molecule has 0 N–H and O–H groups in total. The number of fused-ring (bicyclic) bond motifs is 4. The fourth-order valence-electron chi connectivity index (χ4n) is 4.88. The zero-order valence-electron chi connectivity index (χ0n) is 13.6. The van der Waals surface area contributed by atoms with Gasteiger partial charge < -0.3 is 16.9 Å². The van der Waals surface area contributed by atoms with Crippen molar-refractivity contribution in [2.45, 2.75) is 32.9 Å². The molecule has 0 amide bonds. The number of rotatable bonds is 0. The van der Waals surface area contributed by atoms with Crippen molar-refractivity contribution in [1.29, 1.82) is 0 Å². The highest BCUT2D eigenvalue weighted by molar-refractivity contribution is 6.09. The molecule has 3 aromatic rings. The van der Waals surface area contributed by atoms with Gasteiger partial charge in [0.1, 0.15) is 13.1 Å². The van der Waals surface area contributed by atoms with Crippen molar-refractivity contribution >= 4 is 21.5 Å². The average molecular weight is 324 g/mol. The minimum absolute atomic E-state index is 0. The van der Waals surface area contributed by atoms with Crippen LogP contribution in [0.1, 0.15) is 29.5 Å². The van der Waals surface area contributed by atoms with E-state index < -0.39 is 0 Å². The summed E-state index contributed by atoms with van der Waals surface area (Å²) in [5, 5.41) is 5.67. The first kappa shape index (κ1) is 15.0. The third kappa shape index (κ3) is 2.10. The highest BCUT2D eigenvalue weighted by Crippen LogP contribution is 2.40. The number of hydrogen-bond donors (Lipinski definition) is 0. The maximum atomic E-state index is 2.51. The Morgan fingerprint density at radius 3 is 2.43 bits per heavy atom. The first-order chi connectivity index (χ1) is 10.8. The summed E-state index contributed by atoms with van der Waals surface area (Å²) in [5.41, 5.74) is 4.79. The Balaban J connectivity index is 0.00000135. The summed E-state index contributed by atoms with van der Waals surface area (Å²) in [6.45, 7) is 7.63. The predicted molar refractivity (Wildman–Crippen MR) is 92.8 cm³/mol. The van der Waals surface area contributed by atoms with E-state index in [9.17, 15) is 0 Å². The molecule has 0 atom stereocenters. The molecule has 0 saturated carbocycles. The quantitative estimate of drug-likeness (QED) is 0.438. The number of nitrogens with zero attached hydrogens (tertiary/aromatic N) is 1. The normalized spacial score (nSPS) is 18.5. The standard InChI is InChI=1S/C21H22N.ClH/c1-15-18-9-8-16-6-2-3-7-19(16)20(18)12-17-13-22(14-21(15)17)10-4-5-11-22;/h2-3,6-9,12H,4-5,10-11,13-14H2,1H3;1H/q+1;/p-1. The molecule has 1 nitrogen and oxygen atoms in total. The van der Waals surface area contributed by atoms with Crippen molar-refractivity contribution in [1.82, 2.24) is 0 Å². The van der Waals surface area contributed by atoms with E-state index in [1.54, 1.807) is 11.1 Å². The molecule has 0 unspecified atom stereocenters. The van der Waals surface area contributed by atoms with Crippen molar-refractivity contribution in [3.63, 3.8) is 0 Å². The van der Waals surface area contributed by atoms with Crippen LogP contribution in [0.25, 0.3) is 21.5 Å². The van der Waals surface area contributed by atoms with Crippen LogP contribution in [-0.4, -0.2) is 17.6 Å². The van der Waals surface area contributed by atoms with Crippen molar-refractivity contribution in [3.8, 4) is 0 Å². The maximum Gasteiger partial charge on any atom is 0.105 e. The lowest BCUT2D eigenvalue weighted by Gasteiger charge is -2.28. The Morgan fingerprint density at radius 1 is 0.826 bits per heavy atom. The number of halogens is 1. The smallest absolute Gasteiger partial charge is 0.105 e. The first-order valence-electron chi connectivity index (χ1n) is 8.54. The van der Waals surface area contributed by atoms with Crippen molar-refractivity contribution in [3.05, 3.63) is 59.2 Å². The molecule has 2 heterocycles. The van der Waals surface area contributed by atoms with E-state index in [2.05, 4.69) is 49.4 Å². The van der Waals surface area contributed by atoms with Crippen LogP contribution < -0.4 is 12.4 Å². The zero-order valence-corrected chi connectivity index (χ0v) is 14.4. The van der Waals surface area contributed by atoms with Gasteiger partial charge in [-0.3, -0.25) is 0 Å². The van der Waals surface area contributed by atoms with Crippen LogP contribution >= 0.6 is 0 Å². The molecular weight excluding hydrogens is 302 g/mol. The maximum absolute atomic E-state index is 2.51. The van der Waals surface area contributed by atoms with E-state index in [0.29, 0.717) is 0 Å². The minimum atomic E-state index is 0. The molecule has 0 radical (unpaired) electrons. The summed E-state index contributed by atoms with van der Waals surface area (Å²) in [4.78, 5) is 0. The predicted octanol–water partition coefficient (Wildman–Crippen LogP) is 1.93. The van der Waals surface area contributed by atoms with Crippen LogP contribution in [0.5, 0.6) is 0 Å². The van der Waals surface area contributed by atoms with E-state index in [-0.39, 0.29) is 12.4 Å². The van der Waals surface area contributed by atoms with E-state index in [0.717, 1.165) is 0 Å². The molecule has 0 aromatic heterocycles. The molecule has 2 aliphatic heterocycles. The number of hydrogen-bond acceptors (Lipinski definition) is 0. The largest absolute Gasteiger partial charge is 1.00 e. The number of aryl methyl sites for hydroxylation is 1. The van der Waals surface area contributed by atoms with Crippen molar-refractivity contribution < 1.29 is 16.9 Å². The molecule has 1 spiro atoms. The fraction of sp³-hybridized carbons (Fsp3) is 0.333. The van der Waals surface area contributed by atoms with Crippen LogP contribution in [0.3, 0.4) is 0 Å². The van der Waals surface area contributed by atoms with Crippen LogP contribution in [0, 0.1) is 6.92 Å². The summed E-state index contributed by atoms with van der Waals surface area (Å²) in [5.74, 6) is 0. The SMILES string of the molecule is Cc1c2c(cc3c1ccc1ccccc13)C[N+]1(CCCC1)C2.[Cl-]. The van der Waals surface area contributed by atoms with Gasteiger partial charge in [0.05, 0.1) is 13.1 Å². The molecule has 2 aliphatic rings. The van der Waals surface area contributed by atoms with Crippen LogP contribution in [0.2, 0.25) is 0 Å². The van der Waals surface area contributed by atoms with Gasteiger partial charge in [0.25, 0.3) is 0 Å². The molecule has 1 fully saturated rings. The lowest BCUT2D eigenvalue weighted by molar-refractivity contribution is -0.936. The first-order valence-corrected chi connectivity index (χ1v) is 8.54. The van der Waals surface area contributed by atoms with Crippen LogP contribution in [0.15, 0.2) is 42.5 Å². The van der Waals surface area contributed by atoms with Gasteiger partial charge in [-0.25, -0.2) is 0 Å². The highest BCUT2D eigenvalue weighted by atomic mass is 35.5. The minimum Gasteiger partial charge on any atom is -1.00 e. The second kappa shape index (κ2) is 5.22. The second-order valence-corrected chi connectivity index (χ2v) is 7.33. The topological polar surface area (TPSA) is 0 Å². The lowest BCUT2D eigenvalue weighted by atomic mass is 9.93. The van der Waals surface area contributed by atoms with Crippen LogP contribution in [-0.2, 0) is 13.1 Å². The molecule has 0 aliphatic carbocycles. The number of quaternary nitrogens is 1. The summed E-state index contributed by atoms with van der Waals surface area (Å²) in [6.07, 6.45) is 2.82. The van der Waals surface area contributed by atoms with Crippen LogP contribution in [0.4, 0.5) is 0 Å². The molecule has 5 rings (SSSR count).